The fraction of sp³-hybridized carbons (Fsp3) is 0.868. The maximum atomic E-state index is 14.1. The molecular formula is C38H71N7O7. The third kappa shape index (κ3) is 14.9. The molecule has 2 rings (SSSR count). The second kappa shape index (κ2) is 24.5. The second-order valence-corrected chi connectivity index (χ2v) is 15.0. The van der Waals surface area contributed by atoms with E-state index in [1.54, 1.807) is 14.0 Å². The van der Waals surface area contributed by atoms with Crippen LogP contribution in [0.4, 0.5) is 0 Å². The molecule has 1 saturated carbocycles. The summed E-state index contributed by atoms with van der Waals surface area (Å²) < 4.78 is 12.3. The van der Waals surface area contributed by atoms with Crippen molar-refractivity contribution in [2.75, 3.05) is 33.4 Å². The largest absolute Gasteiger partial charge is 0.376 e. The third-order valence-electron chi connectivity index (χ3n) is 10.5. The predicted octanol–water partition coefficient (Wildman–Crippen LogP) is 2.26. The van der Waals surface area contributed by atoms with E-state index >= 15 is 0 Å². The zero-order valence-electron chi connectivity index (χ0n) is 32.9. The third-order valence-corrected chi connectivity index (χ3v) is 10.5. The van der Waals surface area contributed by atoms with Crippen LogP contribution < -0.4 is 32.7 Å². The van der Waals surface area contributed by atoms with E-state index in [4.69, 9.17) is 20.9 Å². The molecule has 1 heterocycles. The van der Waals surface area contributed by atoms with Gasteiger partial charge >= 0.3 is 0 Å². The average Bonchev–Trinajstić information content (AvgIpc) is 3.41. The molecule has 8 atom stereocenters. The highest BCUT2D eigenvalue weighted by Gasteiger charge is 2.38. The Morgan fingerprint density at radius 2 is 1.46 bits per heavy atom. The van der Waals surface area contributed by atoms with Crippen molar-refractivity contribution in [2.24, 2.45) is 23.3 Å². The monoisotopic (exact) mass is 738 g/mol. The Kier molecular flexibility index (Phi) is 21.4. The van der Waals surface area contributed by atoms with Crippen molar-refractivity contribution in [1.82, 2.24) is 26.2 Å². The van der Waals surface area contributed by atoms with Gasteiger partial charge < -0.3 is 47.1 Å². The van der Waals surface area contributed by atoms with Crippen LogP contribution in [0.25, 0.3) is 0 Å². The Labute approximate surface area is 312 Å². The highest BCUT2D eigenvalue weighted by Crippen LogP contribution is 2.27. The maximum absolute atomic E-state index is 14.1. The van der Waals surface area contributed by atoms with Crippen LogP contribution in [0.15, 0.2) is 0 Å². The van der Waals surface area contributed by atoms with Crippen LogP contribution in [0, 0.1) is 11.8 Å². The van der Waals surface area contributed by atoms with E-state index in [1.165, 1.54) is 4.90 Å². The molecular weight excluding hydrogens is 666 g/mol. The Hall–Kier alpha value is -2.81. The van der Waals surface area contributed by atoms with Gasteiger partial charge in [-0.05, 0) is 58.4 Å². The fourth-order valence-corrected chi connectivity index (χ4v) is 7.13. The van der Waals surface area contributed by atoms with Crippen LogP contribution in [0.5, 0.6) is 0 Å². The normalized spacial score (nSPS) is 29.1. The number of ether oxygens (including phenoxy) is 2. The molecule has 0 aromatic rings. The minimum Gasteiger partial charge on any atom is -0.376 e. The summed E-state index contributed by atoms with van der Waals surface area (Å²) in [4.78, 5) is 71.1. The number of hydrogen-bond donors (Lipinski definition) is 6. The number of unbranched alkanes of at least 4 members (excludes halogenated alkanes) is 3. The van der Waals surface area contributed by atoms with Gasteiger partial charge in [-0.15, -0.1) is 0 Å². The summed E-state index contributed by atoms with van der Waals surface area (Å²) in [6.07, 6.45) is 10.9. The van der Waals surface area contributed by atoms with Crippen molar-refractivity contribution in [2.45, 2.75) is 167 Å². The van der Waals surface area contributed by atoms with Crippen molar-refractivity contribution in [3.63, 3.8) is 0 Å². The van der Waals surface area contributed by atoms with E-state index in [2.05, 4.69) is 28.2 Å². The maximum Gasteiger partial charge on any atom is 0.245 e. The first-order chi connectivity index (χ1) is 24.9. The summed E-state index contributed by atoms with van der Waals surface area (Å²) in [6.45, 7) is 9.71. The van der Waals surface area contributed by atoms with Crippen LogP contribution in [-0.2, 0) is 33.4 Å². The number of carbonyl (C=O) groups excluding carboxylic acids is 5. The predicted molar refractivity (Wildman–Crippen MR) is 202 cm³/mol. The zero-order chi connectivity index (χ0) is 38.6. The Morgan fingerprint density at radius 1 is 0.808 bits per heavy atom. The molecule has 14 heteroatoms. The topological polar surface area (TPSA) is 207 Å². The quantitative estimate of drug-likeness (QED) is 0.114. The molecule has 1 aliphatic heterocycles. The molecule has 2 aliphatic rings. The van der Waals surface area contributed by atoms with Crippen LogP contribution in [-0.4, -0.2) is 110 Å². The summed E-state index contributed by atoms with van der Waals surface area (Å²) in [5.41, 5.74) is 11.7. The summed E-state index contributed by atoms with van der Waals surface area (Å²) in [5.74, 6) is -3.02. The van der Waals surface area contributed by atoms with Crippen LogP contribution in [0.2, 0.25) is 0 Å². The molecule has 0 aromatic heterocycles. The summed E-state index contributed by atoms with van der Waals surface area (Å²) in [6, 6.07) is -4.50. The number of nitrogens with two attached hydrogens (primary N) is 2. The molecule has 1 aliphatic carbocycles. The minimum absolute atomic E-state index is 0.125. The Bertz CT molecular complexity index is 1100. The van der Waals surface area contributed by atoms with Gasteiger partial charge in [-0.25, -0.2) is 0 Å². The summed E-state index contributed by atoms with van der Waals surface area (Å²) in [7, 11) is 1.64. The highest BCUT2D eigenvalue weighted by atomic mass is 16.5. The van der Waals surface area contributed by atoms with Gasteiger partial charge in [0.25, 0.3) is 0 Å². The van der Waals surface area contributed by atoms with E-state index in [9.17, 15) is 24.0 Å². The van der Waals surface area contributed by atoms with E-state index in [0.717, 1.165) is 64.2 Å². The van der Waals surface area contributed by atoms with Gasteiger partial charge in [0.2, 0.25) is 29.5 Å². The smallest absolute Gasteiger partial charge is 0.245 e. The fourth-order valence-electron chi connectivity index (χ4n) is 7.13. The number of carbonyl (C=O) groups is 5. The SMILES string of the molecule is CCCCCC[C@H]1OC[C@@H](C)NC(=O)[C@H](CO[C@H](C)CCN)NC(=O)[C@H](CN)NC(=O)[C@H](C2CCCCCC2)NC(=O)[C@H](CCC)N(C)C(=O)[C@@H]1C. The van der Waals surface area contributed by atoms with Gasteiger partial charge in [-0.3, -0.25) is 24.0 Å². The van der Waals surface area contributed by atoms with Gasteiger partial charge in [0.15, 0.2) is 0 Å². The molecule has 2 fully saturated rings. The lowest BCUT2D eigenvalue weighted by atomic mass is 9.90. The molecule has 0 bridgehead atoms. The van der Waals surface area contributed by atoms with E-state index < -0.39 is 65.9 Å². The van der Waals surface area contributed by atoms with Gasteiger partial charge in [0.1, 0.15) is 24.2 Å². The lowest BCUT2D eigenvalue weighted by molar-refractivity contribution is -0.147. The molecule has 1 saturated heterocycles. The molecule has 8 N–H and O–H groups in total. The van der Waals surface area contributed by atoms with Gasteiger partial charge in [-0.2, -0.15) is 0 Å². The van der Waals surface area contributed by atoms with E-state index in [1.807, 2.05) is 20.8 Å². The lowest BCUT2D eigenvalue weighted by Gasteiger charge is -2.34. The number of likely N-dealkylation sites (N-methyl/N-ethyl adjacent to an activating group) is 1. The molecule has 0 spiro atoms. The number of nitrogens with one attached hydrogen (secondary N) is 4. The minimum atomic E-state index is -1.18. The standard InChI is InChI=1S/C38H71N7O7/c1-7-9-10-15-19-32-27(5)38(50)45(6)31(16-8-2)36(48)44-33(28-17-13-11-12-14-18-28)37(49)42-29(22-40)34(46)43-30(24-51-26(4)20-21-39)35(47)41-25(3)23-52-32/h25-33H,7-24,39-40H2,1-6H3,(H,41,47)(H,42,49)(H,43,46)(H,44,48)/t25-,26-,27-,29+,30+,31+,32-,33+/m1/s1. The van der Waals surface area contributed by atoms with Gasteiger partial charge in [0, 0.05) is 19.6 Å². The first-order valence-electron chi connectivity index (χ1n) is 20.0. The zero-order valence-corrected chi connectivity index (χ0v) is 32.9. The molecule has 0 radical (unpaired) electrons. The number of hydrogen-bond acceptors (Lipinski definition) is 9. The van der Waals surface area contributed by atoms with Gasteiger partial charge in [0.05, 0.1) is 31.3 Å². The summed E-state index contributed by atoms with van der Waals surface area (Å²) >= 11 is 0. The van der Waals surface area contributed by atoms with E-state index in [-0.39, 0.29) is 37.7 Å². The van der Waals surface area contributed by atoms with Crippen molar-refractivity contribution in [3.8, 4) is 0 Å². The first-order valence-corrected chi connectivity index (χ1v) is 20.0. The molecule has 300 valence electrons. The molecule has 14 nitrogen and oxygen atoms in total. The Balaban J connectivity index is 2.55. The van der Waals surface area contributed by atoms with Gasteiger partial charge in [-0.1, -0.05) is 78.6 Å². The van der Waals surface area contributed by atoms with Crippen LogP contribution in [0.1, 0.15) is 125 Å². The Morgan fingerprint density at radius 3 is 2.08 bits per heavy atom. The number of nitrogens with zero attached hydrogens (tertiary/aromatic N) is 1. The highest BCUT2D eigenvalue weighted by molar-refractivity contribution is 5.96. The van der Waals surface area contributed by atoms with Crippen molar-refractivity contribution in [1.29, 1.82) is 0 Å². The molecule has 0 aromatic carbocycles. The summed E-state index contributed by atoms with van der Waals surface area (Å²) in [5, 5.41) is 11.5. The molecule has 5 amide bonds. The number of amides is 5. The molecule has 52 heavy (non-hydrogen) atoms. The average molecular weight is 738 g/mol. The van der Waals surface area contributed by atoms with Crippen molar-refractivity contribution >= 4 is 29.5 Å². The second-order valence-electron chi connectivity index (χ2n) is 15.0. The number of rotatable bonds is 14. The van der Waals surface area contributed by atoms with Crippen LogP contribution >= 0.6 is 0 Å². The van der Waals surface area contributed by atoms with Crippen molar-refractivity contribution in [3.05, 3.63) is 0 Å². The molecule has 0 unspecified atom stereocenters. The lowest BCUT2D eigenvalue weighted by Crippen LogP contribution is -2.62. The van der Waals surface area contributed by atoms with Crippen LogP contribution in [0.3, 0.4) is 0 Å². The van der Waals surface area contributed by atoms with Crippen molar-refractivity contribution < 1.29 is 33.4 Å². The van der Waals surface area contributed by atoms with E-state index in [0.29, 0.717) is 32.2 Å². The first kappa shape index (κ1) is 45.3.